The predicted octanol–water partition coefficient (Wildman–Crippen LogP) is 1.62. The molecule has 0 aliphatic carbocycles. The summed E-state index contributed by atoms with van der Waals surface area (Å²) in [5.41, 5.74) is 0. The first-order valence-electron chi connectivity index (χ1n) is 4.72. The van der Waals surface area contributed by atoms with Crippen molar-refractivity contribution < 1.29 is 14.3 Å². The van der Waals surface area contributed by atoms with Gasteiger partial charge in [-0.25, -0.2) is 0 Å². The average Bonchev–Trinajstić information content (AvgIpc) is 2.64. The lowest BCUT2D eigenvalue weighted by atomic mass is 10.1. The molecule has 14 heavy (non-hydrogen) atoms. The maximum Gasteiger partial charge on any atom is 0.320 e. The van der Waals surface area contributed by atoms with Crippen LogP contribution in [-0.4, -0.2) is 17.1 Å². The Morgan fingerprint density at radius 3 is 3.00 bits per heavy atom. The van der Waals surface area contributed by atoms with E-state index < -0.39 is 12.0 Å². The van der Waals surface area contributed by atoms with E-state index in [-0.39, 0.29) is 0 Å². The van der Waals surface area contributed by atoms with Gasteiger partial charge in [-0.3, -0.25) is 10.1 Å². The third-order valence-electron chi connectivity index (χ3n) is 1.98. The highest BCUT2D eigenvalue weighted by Gasteiger charge is 2.15. The van der Waals surface area contributed by atoms with E-state index in [9.17, 15) is 4.79 Å². The standard InChI is InChI=1S/C10H15NO3/c1-2-4-9(10(12)13)11-7-8-5-3-6-14-8/h3,5-6,9,11H,2,4,7H2,1H3,(H,12,13)/t9-/m1/s1. The number of hydrogen-bond acceptors (Lipinski definition) is 3. The Morgan fingerprint density at radius 2 is 2.50 bits per heavy atom. The minimum absolute atomic E-state index is 0.462. The topological polar surface area (TPSA) is 62.5 Å². The van der Waals surface area contributed by atoms with Crippen LogP contribution in [0, 0.1) is 0 Å². The Kier molecular flexibility index (Phi) is 4.19. The number of hydrogen-bond donors (Lipinski definition) is 2. The van der Waals surface area contributed by atoms with Gasteiger partial charge in [0.1, 0.15) is 11.8 Å². The molecule has 78 valence electrons. The highest BCUT2D eigenvalue weighted by Crippen LogP contribution is 2.02. The second-order valence-electron chi connectivity index (χ2n) is 3.14. The van der Waals surface area contributed by atoms with Crippen molar-refractivity contribution in [3.8, 4) is 0 Å². The lowest BCUT2D eigenvalue weighted by Crippen LogP contribution is -2.35. The number of furan rings is 1. The van der Waals surface area contributed by atoms with Gasteiger partial charge in [0.15, 0.2) is 0 Å². The Labute approximate surface area is 82.9 Å². The minimum Gasteiger partial charge on any atom is -0.480 e. The van der Waals surface area contributed by atoms with Crippen LogP contribution in [0.1, 0.15) is 25.5 Å². The van der Waals surface area contributed by atoms with Crippen molar-refractivity contribution in [1.29, 1.82) is 0 Å². The van der Waals surface area contributed by atoms with E-state index >= 15 is 0 Å². The van der Waals surface area contributed by atoms with Gasteiger partial charge in [0.2, 0.25) is 0 Å². The van der Waals surface area contributed by atoms with Gasteiger partial charge < -0.3 is 9.52 Å². The molecule has 0 bridgehead atoms. The van der Waals surface area contributed by atoms with Crippen LogP contribution in [0.2, 0.25) is 0 Å². The van der Waals surface area contributed by atoms with Gasteiger partial charge >= 0.3 is 5.97 Å². The third kappa shape index (κ3) is 3.22. The molecule has 4 nitrogen and oxygen atoms in total. The molecule has 4 heteroatoms. The Morgan fingerprint density at radius 1 is 1.71 bits per heavy atom. The third-order valence-corrected chi connectivity index (χ3v) is 1.98. The first-order valence-corrected chi connectivity index (χ1v) is 4.72. The molecule has 1 rings (SSSR count). The number of carbonyl (C=O) groups is 1. The van der Waals surface area contributed by atoms with Gasteiger partial charge in [-0.2, -0.15) is 0 Å². The van der Waals surface area contributed by atoms with Crippen LogP contribution in [0.5, 0.6) is 0 Å². The van der Waals surface area contributed by atoms with Crippen LogP contribution < -0.4 is 5.32 Å². The lowest BCUT2D eigenvalue weighted by molar-refractivity contribution is -0.139. The number of rotatable bonds is 6. The smallest absolute Gasteiger partial charge is 0.320 e. The Balaban J connectivity index is 2.37. The summed E-state index contributed by atoms with van der Waals surface area (Å²) < 4.78 is 5.09. The lowest BCUT2D eigenvalue weighted by Gasteiger charge is -2.11. The maximum absolute atomic E-state index is 10.8. The second-order valence-corrected chi connectivity index (χ2v) is 3.14. The van der Waals surface area contributed by atoms with Crippen molar-refractivity contribution in [3.05, 3.63) is 24.2 Å². The highest BCUT2D eigenvalue weighted by atomic mass is 16.4. The van der Waals surface area contributed by atoms with Gasteiger partial charge in [-0.1, -0.05) is 13.3 Å². The molecule has 0 spiro atoms. The van der Waals surface area contributed by atoms with Crippen LogP contribution in [0.4, 0.5) is 0 Å². The second kappa shape index (κ2) is 5.44. The zero-order valence-corrected chi connectivity index (χ0v) is 8.19. The summed E-state index contributed by atoms with van der Waals surface area (Å²) in [7, 11) is 0. The first-order chi connectivity index (χ1) is 6.74. The molecule has 0 aliphatic heterocycles. The fraction of sp³-hybridized carbons (Fsp3) is 0.500. The predicted molar refractivity (Wildman–Crippen MR) is 51.9 cm³/mol. The van der Waals surface area contributed by atoms with E-state index in [2.05, 4.69) is 5.32 Å². The van der Waals surface area contributed by atoms with Crippen LogP contribution in [-0.2, 0) is 11.3 Å². The van der Waals surface area contributed by atoms with Crippen LogP contribution in [0.25, 0.3) is 0 Å². The molecule has 0 aliphatic rings. The monoisotopic (exact) mass is 197 g/mol. The van der Waals surface area contributed by atoms with Crippen LogP contribution >= 0.6 is 0 Å². The van der Waals surface area contributed by atoms with E-state index in [0.29, 0.717) is 13.0 Å². The van der Waals surface area contributed by atoms with E-state index in [0.717, 1.165) is 12.2 Å². The summed E-state index contributed by atoms with van der Waals surface area (Å²) in [5, 5.41) is 11.8. The maximum atomic E-state index is 10.8. The molecule has 0 aromatic carbocycles. The molecule has 0 amide bonds. The molecule has 0 unspecified atom stereocenters. The fourth-order valence-corrected chi connectivity index (χ4v) is 1.24. The average molecular weight is 197 g/mol. The van der Waals surface area contributed by atoms with Gasteiger partial charge in [0.25, 0.3) is 0 Å². The van der Waals surface area contributed by atoms with Crippen LogP contribution in [0.3, 0.4) is 0 Å². The molecular weight excluding hydrogens is 182 g/mol. The molecule has 0 fully saturated rings. The molecule has 2 N–H and O–H groups in total. The summed E-state index contributed by atoms with van der Waals surface area (Å²) in [5.74, 6) is -0.0502. The van der Waals surface area contributed by atoms with Crippen molar-refractivity contribution in [2.75, 3.05) is 0 Å². The molecule has 0 saturated carbocycles. The van der Waals surface area contributed by atoms with E-state index in [1.54, 1.807) is 12.3 Å². The van der Waals surface area contributed by atoms with Crippen molar-refractivity contribution in [1.82, 2.24) is 5.32 Å². The quantitative estimate of drug-likeness (QED) is 0.727. The molecule has 1 aromatic rings. The van der Waals surface area contributed by atoms with Crippen molar-refractivity contribution in [2.24, 2.45) is 0 Å². The SMILES string of the molecule is CCC[C@@H](NCc1ccco1)C(=O)O. The van der Waals surface area contributed by atoms with Gasteiger partial charge in [0, 0.05) is 0 Å². The first kappa shape index (κ1) is 10.8. The van der Waals surface area contributed by atoms with Crippen LogP contribution in [0.15, 0.2) is 22.8 Å². The highest BCUT2D eigenvalue weighted by molar-refractivity contribution is 5.73. The number of carboxylic acids is 1. The summed E-state index contributed by atoms with van der Waals surface area (Å²) >= 11 is 0. The van der Waals surface area contributed by atoms with Gasteiger partial charge in [-0.05, 0) is 18.6 Å². The zero-order valence-electron chi connectivity index (χ0n) is 8.19. The number of aliphatic carboxylic acids is 1. The molecule has 1 aromatic heterocycles. The van der Waals surface area contributed by atoms with E-state index in [1.165, 1.54) is 0 Å². The summed E-state index contributed by atoms with van der Waals surface area (Å²) in [6.45, 7) is 2.43. The minimum atomic E-state index is -0.807. The molecule has 1 atom stereocenters. The van der Waals surface area contributed by atoms with Gasteiger partial charge in [-0.15, -0.1) is 0 Å². The molecule has 1 heterocycles. The largest absolute Gasteiger partial charge is 0.480 e. The van der Waals surface area contributed by atoms with E-state index in [4.69, 9.17) is 9.52 Å². The van der Waals surface area contributed by atoms with Crippen molar-refractivity contribution in [2.45, 2.75) is 32.4 Å². The van der Waals surface area contributed by atoms with Crippen molar-refractivity contribution in [3.63, 3.8) is 0 Å². The summed E-state index contributed by atoms with van der Waals surface area (Å²) in [6.07, 6.45) is 3.06. The Hall–Kier alpha value is -1.29. The molecule has 0 saturated heterocycles. The number of carboxylic acid groups (broad SMARTS) is 1. The summed E-state index contributed by atoms with van der Waals surface area (Å²) in [6, 6.07) is 3.12. The fourth-order valence-electron chi connectivity index (χ4n) is 1.24. The number of nitrogens with one attached hydrogen (secondary N) is 1. The molecular formula is C10H15NO3. The molecule has 0 radical (unpaired) electrons. The van der Waals surface area contributed by atoms with Gasteiger partial charge in [0.05, 0.1) is 12.8 Å². The van der Waals surface area contributed by atoms with Crippen molar-refractivity contribution >= 4 is 5.97 Å². The normalized spacial score (nSPS) is 12.6. The summed E-state index contributed by atoms with van der Waals surface area (Å²) in [4.78, 5) is 10.8. The zero-order chi connectivity index (χ0) is 10.4. The van der Waals surface area contributed by atoms with E-state index in [1.807, 2.05) is 13.0 Å². The Bertz CT molecular complexity index is 269.